The van der Waals surface area contributed by atoms with Gasteiger partial charge in [0.1, 0.15) is 5.15 Å². The summed E-state index contributed by atoms with van der Waals surface area (Å²) >= 11 is 8.54. The molecule has 0 aliphatic carbocycles. The Bertz CT molecular complexity index is 565. The van der Waals surface area contributed by atoms with E-state index >= 15 is 0 Å². The average molecular weight is 391 g/mol. The highest BCUT2D eigenvalue weighted by Crippen LogP contribution is 2.25. The zero-order chi connectivity index (χ0) is 14.0. The molecule has 1 heterocycles. The molecule has 1 unspecified atom stereocenters. The number of hydrogen-bond acceptors (Lipinski definition) is 3. The van der Waals surface area contributed by atoms with Gasteiger partial charge in [0.2, 0.25) is 0 Å². The molecule has 6 heteroatoms. The Hall–Kier alpha value is -0.630. The van der Waals surface area contributed by atoms with Crippen LogP contribution in [0.3, 0.4) is 0 Å². The van der Waals surface area contributed by atoms with Gasteiger partial charge in [-0.05, 0) is 53.6 Å². The number of rotatable bonds is 4. The fraction of sp³-hybridized carbons (Fsp3) is 0.308. The van der Waals surface area contributed by atoms with Crippen LogP contribution in [0.5, 0.6) is 0 Å². The summed E-state index contributed by atoms with van der Waals surface area (Å²) in [6, 6.07) is 8.31. The third-order valence-corrected chi connectivity index (χ3v) is 4.34. The van der Waals surface area contributed by atoms with Crippen molar-refractivity contribution in [1.82, 2.24) is 15.2 Å². The van der Waals surface area contributed by atoms with Gasteiger partial charge in [-0.1, -0.05) is 23.7 Å². The zero-order valence-electron chi connectivity index (χ0n) is 10.8. The number of nitrogens with zero attached hydrogens (tertiary/aromatic N) is 2. The summed E-state index contributed by atoms with van der Waals surface area (Å²) in [5.41, 5.74) is 5.97. The van der Waals surface area contributed by atoms with Gasteiger partial charge in [-0.3, -0.25) is 16.0 Å². The quantitative estimate of drug-likeness (QED) is 0.479. The average Bonchev–Trinajstić information content (AvgIpc) is 2.63. The van der Waals surface area contributed by atoms with E-state index in [2.05, 4.69) is 57.4 Å². The van der Waals surface area contributed by atoms with Crippen LogP contribution in [0.2, 0.25) is 5.15 Å². The number of halogens is 2. The molecule has 0 fully saturated rings. The predicted octanol–water partition coefficient (Wildman–Crippen LogP) is 2.73. The van der Waals surface area contributed by atoms with Gasteiger partial charge in [0.25, 0.3) is 0 Å². The molecule has 3 N–H and O–H groups in total. The van der Waals surface area contributed by atoms with E-state index in [1.807, 2.05) is 14.0 Å². The Morgan fingerprint density at radius 1 is 1.42 bits per heavy atom. The minimum absolute atomic E-state index is 0.0254. The molecule has 2 rings (SSSR count). The molecule has 1 aromatic heterocycles. The third kappa shape index (κ3) is 3.28. The summed E-state index contributed by atoms with van der Waals surface area (Å²) < 4.78 is 2.89. The summed E-state index contributed by atoms with van der Waals surface area (Å²) in [4.78, 5) is 0. The van der Waals surface area contributed by atoms with Gasteiger partial charge in [0, 0.05) is 16.2 Å². The molecule has 4 nitrogen and oxygen atoms in total. The molecule has 0 amide bonds. The molecule has 1 atom stereocenters. The van der Waals surface area contributed by atoms with E-state index in [1.54, 1.807) is 4.68 Å². The first kappa shape index (κ1) is 14.8. The van der Waals surface area contributed by atoms with Crippen molar-refractivity contribution in [1.29, 1.82) is 0 Å². The lowest BCUT2D eigenvalue weighted by Crippen LogP contribution is -2.29. The lowest BCUT2D eigenvalue weighted by molar-refractivity contribution is 0.551. The molecular formula is C13H16ClIN4. The Balaban J connectivity index is 2.26. The van der Waals surface area contributed by atoms with Crippen molar-refractivity contribution < 1.29 is 0 Å². The molecule has 0 spiro atoms. The van der Waals surface area contributed by atoms with E-state index < -0.39 is 0 Å². The summed E-state index contributed by atoms with van der Waals surface area (Å²) in [6.45, 7) is 1.96. The molecule has 0 bridgehead atoms. The van der Waals surface area contributed by atoms with Crippen molar-refractivity contribution in [2.75, 3.05) is 0 Å². The normalized spacial score (nSPS) is 12.7. The lowest BCUT2D eigenvalue weighted by Gasteiger charge is -2.16. The number of hydrazine groups is 1. The maximum Gasteiger partial charge on any atom is 0.130 e. The van der Waals surface area contributed by atoms with Crippen LogP contribution in [0.15, 0.2) is 24.3 Å². The van der Waals surface area contributed by atoms with Crippen molar-refractivity contribution in [2.45, 2.75) is 19.4 Å². The maximum absolute atomic E-state index is 6.26. The molecule has 2 aromatic rings. The maximum atomic E-state index is 6.26. The van der Waals surface area contributed by atoms with Crippen LogP contribution in [0.4, 0.5) is 0 Å². The zero-order valence-corrected chi connectivity index (χ0v) is 13.7. The van der Waals surface area contributed by atoms with Crippen molar-refractivity contribution in [3.05, 3.63) is 49.8 Å². The summed E-state index contributed by atoms with van der Waals surface area (Å²) in [7, 11) is 1.84. The van der Waals surface area contributed by atoms with Crippen molar-refractivity contribution in [3.8, 4) is 0 Å². The van der Waals surface area contributed by atoms with Crippen LogP contribution in [0, 0.1) is 10.5 Å². The third-order valence-electron chi connectivity index (χ3n) is 3.15. The second kappa shape index (κ2) is 6.21. The highest BCUT2D eigenvalue weighted by molar-refractivity contribution is 14.1. The second-order valence-corrected chi connectivity index (χ2v) is 6.06. The Labute approximate surface area is 131 Å². The molecular weight excluding hydrogens is 375 g/mol. The van der Waals surface area contributed by atoms with Gasteiger partial charge in [0.15, 0.2) is 0 Å². The van der Waals surface area contributed by atoms with Crippen LogP contribution in [-0.2, 0) is 13.5 Å². The van der Waals surface area contributed by atoms with Crippen molar-refractivity contribution >= 4 is 34.2 Å². The lowest BCUT2D eigenvalue weighted by atomic mass is 10.00. The molecule has 1 aromatic carbocycles. The van der Waals surface area contributed by atoms with E-state index in [-0.39, 0.29) is 6.04 Å². The number of aryl methyl sites for hydroxylation is 2. The first-order valence-electron chi connectivity index (χ1n) is 5.92. The number of nitrogens with two attached hydrogens (primary N) is 1. The molecule has 0 aliphatic rings. The minimum Gasteiger partial charge on any atom is -0.271 e. The predicted molar refractivity (Wildman–Crippen MR) is 85.9 cm³/mol. The van der Waals surface area contributed by atoms with Crippen LogP contribution in [-0.4, -0.2) is 9.78 Å². The molecule has 0 radical (unpaired) electrons. The summed E-state index contributed by atoms with van der Waals surface area (Å²) in [5, 5.41) is 4.99. The van der Waals surface area contributed by atoms with Gasteiger partial charge in [0.05, 0.1) is 11.7 Å². The fourth-order valence-corrected chi connectivity index (χ4v) is 2.69. The van der Waals surface area contributed by atoms with Crippen LogP contribution >= 0.6 is 34.2 Å². The molecule has 102 valence electrons. The van der Waals surface area contributed by atoms with E-state index in [9.17, 15) is 0 Å². The summed E-state index contributed by atoms with van der Waals surface area (Å²) in [5.74, 6) is 5.68. The minimum atomic E-state index is 0.0254. The summed E-state index contributed by atoms with van der Waals surface area (Å²) in [6.07, 6.45) is 0.718. The van der Waals surface area contributed by atoms with E-state index in [1.165, 1.54) is 3.57 Å². The van der Waals surface area contributed by atoms with E-state index in [0.29, 0.717) is 5.15 Å². The topological polar surface area (TPSA) is 55.9 Å². The Morgan fingerprint density at radius 3 is 2.53 bits per heavy atom. The van der Waals surface area contributed by atoms with E-state index in [4.69, 9.17) is 17.4 Å². The highest BCUT2D eigenvalue weighted by atomic mass is 127. The van der Waals surface area contributed by atoms with Gasteiger partial charge >= 0.3 is 0 Å². The number of hydrogen-bond donors (Lipinski definition) is 2. The smallest absolute Gasteiger partial charge is 0.130 e. The van der Waals surface area contributed by atoms with Gasteiger partial charge < -0.3 is 0 Å². The van der Waals surface area contributed by atoms with Crippen molar-refractivity contribution in [3.63, 3.8) is 0 Å². The van der Waals surface area contributed by atoms with Crippen molar-refractivity contribution in [2.24, 2.45) is 12.9 Å². The molecule has 0 aliphatic heterocycles. The van der Waals surface area contributed by atoms with Crippen LogP contribution in [0.1, 0.15) is 22.9 Å². The second-order valence-electron chi connectivity index (χ2n) is 4.45. The van der Waals surface area contributed by atoms with Gasteiger partial charge in [-0.2, -0.15) is 5.10 Å². The molecule has 0 saturated carbocycles. The number of aromatic nitrogens is 2. The first-order chi connectivity index (χ1) is 9.02. The molecule has 0 saturated heterocycles. The number of nitrogens with one attached hydrogen (secondary N) is 1. The van der Waals surface area contributed by atoms with Crippen LogP contribution in [0.25, 0.3) is 0 Å². The van der Waals surface area contributed by atoms with Gasteiger partial charge in [-0.25, -0.2) is 0 Å². The SMILES string of the molecule is Cc1nn(C)c(Cl)c1CC(NN)c1ccc(I)cc1. The van der Waals surface area contributed by atoms with E-state index in [0.717, 1.165) is 23.2 Å². The Kier molecular flexibility index (Phi) is 4.83. The molecule has 19 heavy (non-hydrogen) atoms. The number of benzene rings is 1. The van der Waals surface area contributed by atoms with Crippen LogP contribution < -0.4 is 11.3 Å². The monoisotopic (exact) mass is 390 g/mol. The largest absolute Gasteiger partial charge is 0.271 e. The highest BCUT2D eigenvalue weighted by Gasteiger charge is 2.17. The Morgan fingerprint density at radius 2 is 2.05 bits per heavy atom. The fourth-order valence-electron chi connectivity index (χ4n) is 2.08. The van der Waals surface area contributed by atoms with Gasteiger partial charge in [-0.15, -0.1) is 0 Å². The standard InChI is InChI=1S/C13H16ClIN4/c1-8-11(13(14)19(2)18-8)7-12(17-16)9-3-5-10(15)6-4-9/h3-6,12,17H,7,16H2,1-2H3. The first-order valence-corrected chi connectivity index (χ1v) is 7.38.